The van der Waals surface area contributed by atoms with Gasteiger partial charge in [-0.3, -0.25) is 5.01 Å². The van der Waals surface area contributed by atoms with E-state index < -0.39 is 18.1 Å². The van der Waals surface area contributed by atoms with E-state index in [0.717, 1.165) is 21.3 Å². The summed E-state index contributed by atoms with van der Waals surface area (Å²) in [5.41, 5.74) is 6.25. The zero-order valence-electron chi connectivity index (χ0n) is 17.0. The molecule has 0 spiro atoms. The van der Waals surface area contributed by atoms with Crippen LogP contribution in [0.1, 0.15) is 24.1 Å². The molecule has 0 aliphatic carbocycles. The first-order valence-electron chi connectivity index (χ1n) is 10.0. The quantitative estimate of drug-likeness (QED) is 0.476. The van der Waals surface area contributed by atoms with Crippen LogP contribution < -0.4 is 10.4 Å². The fourth-order valence-corrected chi connectivity index (χ4v) is 3.88. The summed E-state index contributed by atoms with van der Waals surface area (Å²) in [6, 6.07) is 25.8. The molecule has 0 aromatic heterocycles. The van der Waals surface area contributed by atoms with Gasteiger partial charge in [-0.15, -0.1) is 0 Å². The van der Waals surface area contributed by atoms with Crippen molar-refractivity contribution in [3.8, 4) is 0 Å². The maximum absolute atomic E-state index is 13.1. The molecule has 0 bridgehead atoms. The van der Waals surface area contributed by atoms with Gasteiger partial charge in [-0.25, -0.2) is 10.2 Å². The van der Waals surface area contributed by atoms with Crippen molar-refractivity contribution < 1.29 is 14.6 Å². The minimum absolute atomic E-state index is 0.00594. The SMILES string of the molecule is C[C@@H]1C(O)=C(C(=O)OCc2ccccc2)[C@H](c2ccc(Br)cc2)NN1c1ccccc1. The Kier molecular flexibility index (Phi) is 6.39. The number of nitrogens with one attached hydrogen (secondary N) is 1. The number of carbonyl (C=O) groups excluding carboxylic acids is 1. The second-order valence-corrected chi connectivity index (χ2v) is 8.27. The third-order valence-electron chi connectivity index (χ3n) is 5.29. The van der Waals surface area contributed by atoms with Gasteiger partial charge in [-0.05, 0) is 42.3 Å². The predicted octanol–water partition coefficient (Wildman–Crippen LogP) is 5.46. The molecule has 2 N–H and O–H groups in total. The average Bonchev–Trinajstić information content (AvgIpc) is 2.81. The molecule has 0 unspecified atom stereocenters. The van der Waals surface area contributed by atoms with E-state index in [2.05, 4.69) is 21.4 Å². The molecule has 3 aromatic rings. The topological polar surface area (TPSA) is 61.8 Å². The van der Waals surface area contributed by atoms with Gasteiger partial charge < -0.3 is 9.84 Å². The van der Waals surface area contributed by atoms with Gasteiger partial charge in [0, 0.05) is 4.47 Å². The second-order valence-electron chi connectivity index (χ2n) is 7.36. The van der Waals surface area contributed by atoms with Crippen molar-refractivity contribution in [2.45, 2.75) is 25.6 Å². The Bertz CT molecular complexity index is 1070. The summed E-state index contributed by atoms with van der Waals surface area (Å²) in [5.74, 6) is -0.546. The summed E-state index contributed by atoms with van der Waals surface area (Å²) in [6.07, 6.45) is 0. The lowest BCUT2D eigenvalue weighted by Crippen LogP contribution is -2.53. The van der Waals surface area contributed by atoms with Gasteiger partial charge >= 0.3 is 5.97 Å². The molecule has 4 rings (SSSR count). The highest BCUT2D eigenvalue weighted by Gasteiger charge is 2.38. The molecule has 158 valence electrons. The molecule has 31 heavy (non-hydrogen) atoms. The Hall–Kier alpha value is -3.09. The number of rotatable bonds is 5. The van der Waals surface area contributed by atoms with Gasteiger partial charge in [0.2, 0.25) is 0 Å². The molecule has 3 aromatic carbocycles. The van der Waals surface area contributed by atoms with Crippen LogP contribution in [-0.2, 0) is 16.1 Å². The highest BCUT2D eigenvalue weighted by molar-refractivity contribution is 9.10. The number of anilines is 1. The molecule has 0 fully saturated rings. The molecule has 0 radical (unpaired) electrons. The summed E-state index contributed by atoms with van der Waals surface area (Å²) in [7, 11) is 0. The first kappa shape index (κ1) is 21.2. The summed E-state index contributed by atoms with van der Waals surface area (Å²) in [4.78, 5) is 13.1. The van der Waals surface area contributed by atoms with Gasteiger partial charge in [0.25, 0.3) is 0 Å². The van der Waals surface area contributed by atoms with E-state index in [9.17, 15) is 9.90 Å². The molecular weight excluding hydrogens is 456 g/mol. The third kappa shape index (κ3) is 4.65. The van der Waals surface area contributed by atoms with Crippen molar-refractivity contribution in [3.63, 3.8) is 0 Å². The standard InChI is InChI=1S/C25H23BrN2O3/c1-17-24(29)22(25(30)31-16-18-8-4-2-5-9-18)23(19-12-14-20(26)15-13-19)27-28(17)21-10-6-3-7-11-21/h2-15,17,23,27,29H,16H2,1H3/t17-,23+/m1/s1. The van der Waals surface area contributed by atoms with Crippen molar-refractivity contribution in [2.75, 3.05) is 5.01 Å². The number of hydrogen-bond acceptors (Lipinski definition) is 5. The van der Waals surface area contributed by atoms with Crippen LogP contribution in [0.2, 0.25) is 0 Å². The van der Waals surface area contributed by atoms with Gasteiger partial charge in [-0.2, -0.15) is 0 Å². The Morgan fingerprint density at radius 3 is 2.26 bits per heavy atom. The molecule has 0 saturated carbocycles. The van der Waals surface area contributed by atoms with Crippen LogP contribution >= 0.6 is 15.9 Å². The van der Waals surface area contributed by atoms with Gasteiger partial charge in [0.05, 0.1) is 17.3 Å². The Balaban J connectivity index is 1.69. The van der Waals surface area contributed by atoms with Crippen molar-refractivity contribution in [2.24, 2.45) is 0 Å². The molecule has 1 aliphatic heterocycles. The number of hydrazine groups is 1. The lowest BCUT2D eigenvalue weighted by atomic mass is 9.93. The highest BCUT2D eigenvalue weighted by Crippen LogP contribution is 2.34. The van der Waals surface area contributed by atoms with Crippen molar-refractivity contribution in [3.05, 3.63) is 112 Å². The van der Waals surface area contributed by atoms with Crippen LogP contribution in [0.5, 0.6) is 0 Å². The smallest absolute Gasteiger partial charge is 0.339 e. The molecule has 1 aliphatic rings. The monoisotopic (exact) mass is 478 g/mol. The lowest BCUT2D eigenvalue weighted by Gasteiger charge is -2.40. The maximum atomic E-state index is 13.1. The van der Waals surface area contributed by atoms with Crippen molar-refractivity contribution in [1.82, 2.24) is 5.43 Å². The van der Waals surface area contributed by atoms with Crippen LogP contribution in [0.15, 0.2) is 101 Å². The van der Waals surface area contributed by atoms with Gasteiger partial charge in [-0.1, -0.05) is 76.6 Å². The lowest BCUT2D eigenvalue weighted by molar-refractivity contribution is -0.141. The van der Waals surface area contributed by atoms with E-state index in [4.69, 9.17) is 4.74 Å². The Labute approximate surface area is 190 Å². The average molecular weight is 479 g/mol. The van der Waals surface area contributed by atoms with Gasteiger partial charge in [0.15, 0.2) is 0 Å². The summed E-state index contributed by atoms with van der Waals surface area (Å²) in [5, 5.41) is 13.0. The number of para-hydroxylation sites is 1. The van der Waals surface area contributed by atoms with Gasteiger partial charge in [0.1, 0.15) is 18.4 Å². The van der Waals surface area contributed by atoms with Crippen LogP contribution in [0.25, 0.3) is 0 Å². The predicted molar refractivity (Wildman–Crippen MR) is 124 cm³/mol. The van der Waals surface area contributed by atoms with Crippen molar-refractivity contribution >= 4 is 27.6 Å². The van der Waals surface area contributed by atoms with E-state index in [1.807, 2.05) is 96.9 Å². The fraction of sp³-hybridized carbons (Fsp3) is 0.160. The molecule has 6 heteroatoms. The van der Waals surface area contributed by atoms with Crippen LogP contribution in [0, 0.1) is 0 Å². The number of halogens is 1. The Morgan fingerprint density at radius 2 is 1.61 bits per heavy atom. The number of esters is 1. The maximum Gasteiger partial charge on any atom is 0.339 e. The van der Waals surface area contributed by atoms with E-state index in [0.29, 0.717) is 0 Å². The number of ether oxygens (including phenoxy) is 1. The van der Waals surface area contributed by atoms with Crippen LogP contribution in [0.3, 0.4) is 0 Å². The molecule has 5 nitrogen and oxygen atoms in total. The number of aliphatic hydroxyl groups excluding tert-OH is 1. The molecular formula is C25H23BrN2O3. The second kappa shape index (κ2) is 9.37. The number of hydrogen-bond donors (Lipinski definition) is 2. The molecule has 0 saturated heterocycles. The minimum atomic E-state index is -0.562. The number of benzene rings is 3. The van der Waals surface area contributed by atoms with E-state index >= 15 is 0 Å². The summed E-state index contributed by atoms with van der Waals surface area (Å²) >= 11 is 3.45. The third-order valence-corrected chi connectivity index (χ3v) is 5.81. The van der Waals surface area contributed by atoms with E-state index in [1.54, 1.807) is 0 Å². The van der Waals surface area contributed by atoms with Crippen molar-refractivity contribution in [1.29, 1.82) is 0 Å². The number of aliphatic hydroxyl groups is 1. The number of carbonyl (C=O) groups is 1. The van der Waals surface area contributed by atoms with Crippen LogP contribution in [-0.4, -0.2) is 17.1 Å². The molecule has 1 heterocycles. The zero-order valence-corrected chi connectivity index (χ0v) is 18.6. The van der Waals surface area contributed by atoms with E-state index in [1.165, 1.54) is 0 Å². The zero-order chi connectivity index (χ0) is 21.8. The summed E-state index contributed by atoms with van der Waals surface area (Å²) < 4.78 is 6.51. The normalized spacial score (nSPS) is 18.7. The number of nitrogens with zero attached hydrogens (tertiary/aromatic N) is 1. The summed E-state index contributed by atoms with van der Waals surface area (Å²) in [6.45, 7) is 1.98. The molecule has 0 amide bonds. The van der Waals surface area contributed by atoms with Crippen LogP contribution in [0.4, 0.5) is 5.69 Å². The van der Waals surface area contributed by atoms with E-state index in [-0.39, 0.29) is 17.9 Å². The first-order chi connectivity index (χ1) is 15.0. The first-order valence-corrected chi connectivity index (χ1v) is 10.8. The highest BCUT2D eigenvalue weighted by atomic mass is 79.9. The molecule has 2 atom stereocenters. The Morgan fingerprint density at radius 1 is 1.00 bits per heavy atom. The largest absolute Gasteiger partial charge is 0.509 e. The fourth-order valence-electron chi connectivity index (χ4n) is 3.62. The minimum Gasteiger partial charge on any atom is -0.509 e.